The number of carbonyl (C=O) groups is 1. The van der Waals surface area contributed by atoms with Crippen LogP contribution < -0.4 is 5.32 Å². The fourth-order valence-electron chi connectivity index (χ4n) is 3.72. The van der Waals surface area contributed by atoms with E-state index in [4.69, 9.17) is 0 Å². The van der Waals surface area contributed by atoms with Gasteiger partial charge in [-0.1, -0.05) is 18.2 Å². The minimum absolute atomic E-state index is 0.0849. The highest BCUT2D eigenvalue weighted by molar-refractivity contribution is 9.10. The van der Waals surface area contributed by atoms with Gasteiger partial charge in [0.05, 0.1) is 28.3 Å². The molecule has 0 unspecified atom stereocenters. The fraction of sp³-hybridized carbons (Fsp3) is 0.130. The molecule has 0 aliphatic carbocycles. The summed E-state index contributed by atoms with van der Waals surface area (Å²) in [4.78, 5) is 18.5. The van der Waals surface area contributed by atoms with Crippen molar-refractivity contribution in [2.24, 2.45) is 0 Å². The minimum Gasteiger partial charge on any atom is -0.324 e. The van der Waals surface area contributed by atoms with E-state index in [2.05, 4.69) is 42.5 Å². The summed E-state index contributed by atoms with van der Waals surface area (Å²) in [6.07, 6.45) is 5.43. The number of aryl methyl sites for hydroxylation is 1. The molecule has 32 heavy (non-hydrogen) atoms. The van der Waals surface area contributed by atoms with Crippen molar-refractivity contribution in [3.05, 3.63) is 82.2 Å². The highest BCUT2D eigenvalue weighted by Crippen LogP contribution is 2.32. The number of pyridine rings is 1. The van der Waals surface area contributed by atoms with Crippen LogP contribution in [0.15, 0.2) is 70.9 Å². The summed E-state index contributed by atoms with van der Waals surface area (Å²) in [6, 6.07) is 13.9. The standard InChI is InChI=1S/C23H19BrN6OS/c1-15-22-19(20-6-3-9-32-20)7-8-25-23(22)30(28-15)14-21(31)27-18-5-2-4-16(10-18)12-29-13-17(24)11-26-29/h2-11,13H,12,14H2,1H3,(H,27,31). The molecule has 1 amide bonds. The largest absolute Gasteiger partial charge is 0.324 e. The quantitative estimate of drug-likeness (QED) is 0.346. The molecule has 0 saturated carbocycles. The molecule has 9 heteroatoms. The molecule has 1 aromatic carbocycles. The van der Waals surface area contributed by atoms with E-state index in [0.717, 1.165) is 37.2 Å². The smallest absolute Gasteiger partial charge is 0.246 e. The molecule has 5 rings (SSSR count). The van der Waals surface area contributed by atoms with E-state index >= 15 is 0 Å². The highest BCUT2D eigenvalue weighted by atomic mass is 79.9. The second kappa shape index (κ2) is 8.68. The van der Waals surface area contributed by atoms with Gasteiger partial charge in [0.15, 0.2) is 5.65 Å². The summed E-state index contributed by atoms with van der Waals surface area (Å²) < 4.78 is 4.43. The van der Waals surface area contributed by atoms with Crippen molar-refractivity contribution >= 4 is 49.9 Å². The van der Waals surface area contributed by atoms with Crippen LogP contribution in [0.3, 0.4) is 0 Å². The van der Waals surface area contributed by atoms with Gasteiger partial charge in [-0.3, -0.25) is 9.48 Å². The van der Waals surface area contributed by atoms with Crippen molar-refractivity contribution in [3.63, 3.8) is 0 Å². The summed E-state index contributed by atoms with van der Waals surface area (Å²) in [7, 11) is 0. The van der Waals surface area contributed by atoms with Crippen LogP contribution in [-0.2, 0) is 17.9 Å². The van der Waals surface area contributed by atoms with Gasteiger partial charge in [0.2, 0.25) is 5.91 Å². The maximum Gasteiger partial charge on any atom is 0.246 e. The number of anilines is 1. The zero-order chi connectivity index (χ0) is 22.1. The zero-order valence-corrected chi connectivity index (χ0v) is 19.6. The Kier molecular flexibility index (Phi) is 5.59. The number of fused-ring (bicyclic) bond motifs is 1. The molecule has 0 spiro atoms. The first-order valence-electron chi connectivity index (χ1n) is 9.99. The van der Waals surface area contributed by atoms with Gasteiger partial charge in [-0.05, 0) is 58.1 Å². The van der Waals surface area contributed by atoms with Gasteiger partial charge >= 0.3 is 0 Å². The lowest BCUT2D eigenvalue weighted by Gasteiger charge is -2.08. The summed E-state index contributed by atoms with van der Waals surface area (Å²) >= 11 is 5.08. The average Bonchev–Trinajstić information content (AvgIpc) is 3.50. The van der Waals surface area contributed by atoms with Gasteiger partial charge < -0.3 is 5.32 Å². The lowest BCUT2D eigenvalue weighted by molar-refractivity contribution is -0.116. The minimum atomic E-state index is -0.156. The van der Waals surface area contributed by atoms with Crippen molar-refractivity contribution < 1.29 is 4.79 Å². The van der Waals surface area contributed by atoms with Crippen molar-refractivity contribution in [1.82, 2.24) is 24.5 Å². The molecule has 160 valence electrons. The van der Waals surface area contributed by atoms with Crippen LogP contribution in [-0.4, -0.2) is 30.5 Å². The normalized spacial score (nSPS) is 11.2. The fourth-order valence-corrected chi connectivity index (χ4v) is 4.81. The van der Waals surface area contributed by atoms with E-state index in [1.165, 1.54) is 0 Å². The van der Waals surface area contributed by atoms with Crippen LogP contribution in [0, 0.1) is 6.92 Å². The zero-order valence-electron chi connectivity index (χ0n) is 17.2. The SMILES string of the molecule is Cc1nn(CC(=O)Nc2cccc(Cn3cc(Br)cn3)c2)c2nccc(-c3cccs3)c12. The number of nitrogens with one attached hydrogen (secondary N) is 1. The van der Waals surface area contributed by atoms with Crippen LogP contribution in [0.4, 0.5) is 5.69 Å². The van der Waals surface area contributed by atoms with Crippen molar-refractivity contribution in [3.8, 4) is 10.4 Å². The topological polar surface area (TPSA) is 77.6 Å². The molecule has 0 aliphatic heterocycles. The first-order valence-corrected chi connectivity index (χ1v) is 11.7. The van der Waals surface area contributed by atoms with Crippen LogP contribution in [0.25, 0.3) is 21.5 Å². The Morgan fingerprint density at radius 3 is 2.91 bits per heavy atom. The molecule has 0 fully saturated rings. The summed E-state index contributed by atoms with van der Waals surface area (Å²) in [5.41, 5.74) is 4.44. The van der Waals surface area contributed by atoms with E-state index in [9.17, 15) is 4.79 Å². The lowest BCUT2D eigenvalue weighted by Crippen LogP contribution is -2.20. The van der Waals surface area contributed by atoms with Gasteiger partial charge in [-0.25, -0.2) is 9.67 Å². The molecule has 1 N–H and O–H groups in total. The molecule has 7 nitrogen and oxygen atoms in total. The Morgan fingerprint density at radius 1 is 1.22 bits per heavy atom. The second-order valence-corrected chi connectivity index (χ2v) is 9.25. The van der Waals surface area contributed by atoms with E-state index in [0.29, 0.717) is 12.2 Å². The van der Waals surface area contributed by atoms with Crippen LogP contribution in [0.1, 0.15) is 11.3 Å². The molecule has 0 saturated heterocycles. The number of hydrogen-bond donors (Lipinski definition) is 1. The summed E-state index contributed by atoms with van der Waals surface area (Å²) in [5, 5.41) is 14.9. The first kappa shape index (κ1) is 20.6. The third-order valence-electron chi connectivity index (χ3n) is 5.05. The number of benzene rings is 1. The Balaban J connectivity index is 1.35. The number of amides is 1. The number of rotatable bonds is 6. The second-order valence-electron chi connectivity index (χ2n) is 7.38. The summed E-state index contributed by atoms with van der Waals surface area (Å²) in [6.45, 7) is 2.65. The van der Waals surface area contributed by atoms with Crippen molar-refractivity contribution in [2.75, 3.05) is 5.32 Å². The third-order valence-corrected chi connectivity index (χ3v) is 6.36. The number of halogens is 1. The number of carbonyl (C=O) groups excluding carboxylic acids is 1. The molecule has 0 radical (unpaired) electrons. The monoisotopic (exact) mass is 506 g/mol. The predicted octanol–water partition coefficient (Wildman–Crippen LogP) is 5.11. The third kappa shape index (κ3) is 4.21. The maximum atomic E-state index is 12.8. The molecular formula is C23H19BrN6OS. The van der Waals surface area contributed by atoms with E-state index in [1.54, 1.807) is 28.4 Å². The van der Waals surface area contributed by atoms with Gasteiger partial charge in [0, 0.05) is 28.5 Å². The molecule has 0 bridgehead atoms. The van der Waals surface area contributed by atoms with E-state index < -0.39 is 0 Å². The Hall–Kier alpha value is -3.30. The molecule has 4 aromatic heterocycles. The molecular weight excluding hydrogens is 488 g/mol. The van der Waals surface area contributed by atoms with Crippen LogP contribution in [0.2, 0.25) is 0 Å². The molecule has 4 heterocycles. The van der Waals surface area contributed by atoms with Crippen molar-refractivity contribution in [2.45, 2.75) is 20.0 Å². The van der Waals surface area contributed by atoms with Crippen LogP contribution in [0.5, 0.6) is 0 Å². The predicted molar refractivity (Wildman–Crippen MR) is 130 cm³/mol. The highest BCUT2D eigenvalue weighted by Gasteiger charge is 2.16. The first-order chi connectivity index (χ1) is 15.6. The van der Waals surface area contributed by atoms with E-state index in [1.807, 2.05) is 59.6 Å². The number of hydrogen-bond acceptors (Lipinski definition) is 5. The van der Waals surface area contributed by atoms with E-state index in [-0.39, 0.29) is 12.5 Å². The number of thiophene rings is 1. The van der Waals surface area contributed by atoms with Gasteiger partial charge in [-0.2, -0.15) is 10.2 Å². The van der Waals surface area contributed by atoms with Crippen LogP contribution >= 0.6 is 27.3 Å². The number of aromatic nitrogens is 5. The molecule has 5 aromatic rings. The maximum absolute atomic E-state index is 12.8. The Morgan fingerprint density at radius 2 is 2.12 bits per heavy atom. The van der Waals surface area contributed by atoms with Crippen molar-refractivity contribution in [1.29, 1.82) is 0 Å². The summed E-state index contributed by atoms with van der Waals surface area (Å²) in [5.74, 6) is -0.156. The Labute approximate surface area is 196 Å². The molecule has 0 atom stereocenters. The molecule has 0 aliphatic rings. The Bertz CT molecular complexity index is 1410. The van der Waals surface area contributed by atoms with Gasteiger partial charge in [0.1, 0.15) is 6.54 Å². The number of nitrogens with zero attached hydrogens (tertiary/aromatic N) is 5. The van der Waals surface area contributed by atoms with Gasteiger partial charge in [0.25, 0.3) is 0 Å². The lowest BCUT2D eigenvalue weighted by atomic mass is 10.1. The van der Waals surface area contributed by atoms with Gasteiger partial charge in [-0.15, -0.1) is 11.3 Å². The average molecular weight is 507 g/mol.